The van der Waals surface area contributed by atoms with Crippen LogP contribution in [0.4, 0.5) is 4.39 Å². The molecule has 28 heavy (non-hydrogen) atoms. The molecule has 2 heterocycles. The molecule has 0 fully saturated rings. The first kappa shape index (κ1) is 18.6. The molecule has 0 aliphatic carbocycles. The van der Waals surface area contributed by atoms with Gasteiger partial charge in [0, 0.05) is 17.7 Å². The molecule has 144 valence electrons. The molecule has 0 N–H and O–H groups in total. The summed E-state index contributed by atoms with van der Waals surface area (Å²) >= 11 is 1.38. The van der Waals surface area contributed by atoms with E-state index in [1.54, 1.807) is 6.20 Å². The number of ketones is 1. The second-order valence-corrected chi connectivity index (χ2v) is 7.19. The molecule has 3 aromatic rings. The third-order valence-electron chi connectivity index (χ3n) is 4.47. The fraction of sp³-hybridized carbons (Fsp3) is 0.238. The number of hydrogen-bond acceptors (Lipinski definition) is 5. The average molecular weight is 398 g/mol. The number of carbonyl (C=O) groups excluding carboxylic acids is 1. The van der Waals surface area contributed by atoms with Gasteiger partial charge >= 0.3 is 0 Å². The van der Waals surface area contributed by atoms with Gasteiger partial charge in [0.05, 0.1) is 17.6 Å². The number of fused-ring (bicyclic) bond motifs is 1. The second-order valence-electron chi connectivity index (χ2n) is 6.25. The molecule has 0 amide bonds. The third kappa shape index (κ3) is 3.75. The number of rotatable bonds is 6. The van der Waals surface area contributed by atoms with Crippen LogP contribution in [0.5, 0.6) is 11.5 Å². The lowest BCUT2D eigenvalue weighted by Gasteiger charge is -2.19. The Morgan fingerprint density at radius 3 is 2.64 bits per heavy atom. The zero-order valence-corrected chi connectivity index (χ0v) is 16.2. The molecule has 1 aliphatic heterocycles. The Morgan fingerprint density at radius 1 is 1.14 bits per heavy atom. The lowest BCUT2D eigenvalue weighted by molar-refractivity contribution is 0.102. The van der Waals surface area contributed by atoms with Gasteiger partial charge in [0.1, 0.15) is 19.0 Å². The van der Waals surface area contributed by atoms with Crippen molar-refractivity contribution in [3.8, 4) is 22.8 Å². The number of nitrogens with zero attached hydrogens (tertiary/aromatic N) is 2. The van der Waals surface area contributed by atoms with Crippen LogP contribution < -0.4 is 9.47 Å². The van der Waals surface area contributed by atoms with Crippen molar-refractivity contribution >= 4 is 17.5 Å². The largest absolute Gasteiger partial charge is 0.486 e. The highest BCUT2D eigenvalue weighted by molar-refractivity contribution is 7.99. The van der Waals surface area contributed by atoms with E-state index >= 15 is 0 Å². The van der Waals surface area contributed by atoms with Crippen molar-refractivity contribution in [1.82, 2.24) is 9.55 Å². The Balaban J connectivity index is 1.53. The maximum absolute atomic E-state index is 13.0. The fourth-order valence-corrected chi connectivity index (χ4v) is 4.00. The smallest absolute Gasteiger partial charge is 0.173 e. The average Bonchev–Trinajstić information content (AvgIpc) is 3.15. The number of halogens is 1. The van der Waals surface area contributed by atoms with Crippen molar-refractivity contribution < 1.29 is 18.7 Å². The standard InChI is InChI=1S/C21H19FN2O3S/c1-2-24-17(15-5-8-19-20(11-15)27-10-9-26-19)12-23-21(24)28-13-18(25)14-3-6-16(22)7-4-14/h3-8,11-12H,2,9-10,13H2,1H3. The van der Waals surface area contributed by atoms with Gasteiger partial charge in [0.25, 0.3) is 0 Å². The quantitative estimate of drug-likeness (QED) is 0.453. The van der Waals surface area contributed by atoms with Crippen LogP contribution in [0.15, 0.2) is 53.8 Å². The molecular formula is C21H19FN2O3S. The van der Waals surface area contributed by atoms with Crippen molar-refractivity contribution in [2.45, 2.75) is 18.6 Å². The van der Waals surface area contributed by atoms with Crippen molar-refractivity contribution in [3.63, 3.8) is 0 Å². The lowest BCUT2D eigenvalue weighted by atomic mass is 10.1. The Bertz CT molecular complexity index is 1000. The number of thioether (sulfide) groups is 1. The SMILES string of the molecule is CCn1c(-c2ccc3c(c2)OCCO3)cnc1SCC(=O)c1ccc(F)cc1. The molecule has 0 bridgehead atoms. The van der Waals surface area contributed by atoms with Gasteiger partial charge < -0.3 is 14.0 Å². The first-order chi connectivity index (χ1) is 13.7. The molecule has 2 aromatic carbocycles. The maximum atomic E-state index is 13.0. The molecule has 4 rings (SSSR count). The van der Waals surface area contributed by atoms with Gasteiger partial charge in [-0.25, -0.2) is 9.37 Å². The number of Topliss-reactive ketones (excluding diaryl/α,β-unsaturated/α-hetero) is 1. The monoisotopic (exact) mass is 398 g/mol. The summed E-state index contributed by atoms with van der Waals surface area (Å²) in [5.41, 5.74) is 2.43. The maximum Gasteiger partial charge on any atom is 0.173 e. The zero-order chi connectivity index (χ0) is 19.5. The van der Waals surface area contributed by atoms with E-state index in [1.165, 1.54) is 36.0 Å². The zero-order valence-electron chi connectivity index (χ0n) is 15.4. The van der Waals surface area contributed by atoms with Gasteiger partial charge in [0.2, 0.25) is 0 Å². The summed E-state index contributed by atoms with van der Waals surface area (Å²) in [4.78, 5) is 16.9. The highest BCUT2D eigenvalue weighted by Gasteiger charge is 2.17. The van der Waals surface area contributed by atoms with Gasteiger partial charge in [-0.2, -0.15) is 0 Å². The molecule has 1 aromatic heterocycles. The summed E-state index contributed by atoms with van der Waals surface area (Å²) in [6.07, 6.45) is 1.81. The van der Waals surface area contributed by atoms with E-state index in [0.29, 0.717) is 18.8 Å². The highest BCUT2D eigenvalue weighted by Crippen LogP contribution is 2.35. The van der Waals surface area contributed by atoms with Crippen molar-refractivity contribution in [3.05, 3.63) is 60.0 Å². The molecule has 0 atom stereocenters. The number of ether oxygens (including phenoxy) is 2. The molecule has 7 heteroatoms. The van der Waals surface area contributed by atoms with Crippen LogP contribution in [-0.4, -0.2) is 34.3 Å². The van der Waals surface area contributed by atoms with E-state index in [0.717, 1.165) is 34.5 Å². The van der Waals surface area contributed by atoms with Crippen molar-refractivity contribution in [1.29, 1.82) is 0 Å². The van der Waals surface area contributed by atoms with E-state index in [9.17, 15) is 9.18 Å². The first-order valence-corrected chi connectivity index (χ1v) is 10.0. The minimum Gasteiger partial charge on any atom is -0.486 e. The number of imidazole rings is 1. The van der Waals surface area contributed by atoms with Crippen LogP contribution in [0.1, 0.15) is 17.3 Å². The van der Waals surface area contributed by atoms with Crippen LogP contribution in [0.3, 0.4) is 0 Å². The van der Waals surface area contributed by atoms with Gasteiger partial charge in [-0.15, -0.1) is 0 Å². The number of benzene rings is 2. The topological polar surface area (TPSA) is 53.4 Å². The number of aromatic nitrogens is 2. The molecule has 0 spiro atoms. The van der Waals surface area contributed by atoms with Crippen molar-refractivity contribution in [2.24, 2.45) is 0 Å². The predicted octanol–water partition coefficient (Wildman–Crippen LogP) is 4.46. The summed E-state index contributed by atoms with van der Waals surface area (Å²) < 4.78 is 26.3. The summed E-state index contributed by atoms with van der Waals surface area (Å²) in [5.74, 6) is 1.31. The minimum atomic E-state index is -0.352. The van der Waals surface area contributed by atoms with Crippen LogP contribution in [0.2, 0.25) is 0 Å². The van der Waals surface area contributed by atoms with Crippen LogP contribution >= 0.6 is 11.8 Å². The summed E-state index contributed by atoms with van der Waals surface area (Å²) in [5, 5.41) is 0.767. The van der Waals surface area contributed by atoms with E-state index in [4.69, 9.17) is 9.47 Å². The molecule has 0 saturated carbocycles. The summed E-state index contributed by atoms with van der Waals surface area (Å²) in [6, 6.07) is 11.4. The van der Waals surface area contributed by atoms with Gasteiger partial charge in [-0.05, 0) is 49.4 Å². The second kappa shape index (κ2) is 8.06. The Labute approximate surface area is 166 Å². The highest BCUT2D eigenvalue weighted by atomic mass is 32.2. The van der Waals surface area contributed by atoms with Crippen molar-refractivity contribution in [2.75, 3.05) is 19.0 Å². The predicted molar refractivity (Wildman–Crippen MR) is 106 cm³/mol. The Hall–Kier alpha value is -2.80. The molecule has 0 radical (unpaired) electrons. The fourth-order valence-electron chi connectivity index (χ4n) is 3.06. The lowest BCUT2D eigenvalue weighted by Crippen LogP contribution is -2.15. The van der Waals surface area contributed by atoms with E-state index in [-0.39, 0.29) is 17.4 Å². The first-order valence-electron chi connectivity index (χ1n) is 9.03. The molecule has 1 aliphatic rings. The summed E-state index contributed by atoms with van der Waals surface area (Å²) in [6.45, 7) is 3.85. The number of carbonyl (C=O) groups is 1. The van der Waals surface area contributed by atoms with Gasteiger partial charge in [-0.1, -0.05) is 11.8 Å². The van der Waals surface area contributed by atoms with Crippen LogP contribution in [0, 0.1) is 5.82 Å². The van der Waals surface area contributed by atoms with E-state index in [2.05, 4.69) is 9.55 Å². The summed E-state index contributed by atoms with van der Waals surface area (Å²) in [7, 11) is 0. The molecule has 0 saturated heterocycles. The van der Waals surface area contributed by atoms with Crippen LogP contribution in [0.25, 0.3) is 11.3 Å². The third-order valence-corrected chi connectivity index (χ3v) is 5.46. The number of hydrogen-bond donors (Lipinski definition) is 0. The Kier molecular flexibility index (Phi) is 5.34. The molecule has 5 nitrogen and oxygen atoms in total. The normalized spacial score (nSPS) is 12.8. The van der Waals surface area contributed by atoms with Crippen LogP contribution in [-0.2, 0) is 6.54 Å². The molecular weight excluding hydrogens is 379 g/mol. The van der Waals surface area contributed by atoms with Gasteiger partial charge in [0.15, 0.2) is 22.4 Å². The Morgan fingerprint density at radius 2 is 1.89 bits per heavy atom. The van der Waals surface area contributed by atoms with Gasteiger partial charge in [-0.3, -0.25) is 4.79 Å². The van der Waals surface area contributed by atoms with E-state index < -0.39 is 0 Å². The minimum absolute atomic E-state index is 0.0588. The molecule has 0 unspecified atom stereocenters. The van der Waals surface area contributed by atoms with E-state index in [1.807, 2.05) is 25.1 Å².